The molecule has 5 N–H and O–H groups in total. The number of carbonyl (C=O) groups is 6. The Hall–Kier alpha value is -5.07. The number of carboxylic acids is 3. The van der Waals surface area contributed by atoms with Gasteiger partial charge in [-0.2, -0.15) is 0 Å². The van der Waals surface area contributed by atoms with Crippen LogP contribution in [0.15, 0.2) is 42.5 Å². The predicted molar refractivity (Wildman–Crippen MR) is 212 cm³/mol. The number of benzene rings is 2. The van der Waals surface area contributed by atoms with Crippen molar-refractivity contribution in [1.82, 2.24) is 34.8 Å². The van der Waals surface area contributed by atoms with Crippen molar-refractivity contribution in [3.63, 3.8) is 0 Å². The van der Waals surface area contributed by atoms with Crippen LogP contribution in [0.3, 0.4) is 0 Å². The first-order valence-electron chi connectivity index (χ1n) is 18.8. The largest absolute Gasteiger partial charge is 0.497 e. The Morgan fingerprint density at radius 1 is 0.667 bits per heavy atom. The van der Waals surface area contributed by atoms with E-state index in [1.54, 1.807) is 69.7 Å². The lowest BCUT2D eigenvalue weighted by molar-refractivity contribution is -0.140. The topological polar surface area (TPSA) is 214 Å². The quantitative estimate of drug-likeness (QED) is 0.122. The van der Waals surface area contributed by atoms with Gasteiger partial charge in [-0.25, -0.2) is 0 Å². The molecule has 0 atom stereocenters. The molecule has 3 aromatic rings. The molecule has 0 radical (unpaired) electrons. The number of carboxylic acid groups (broad SMARTS) is 3. The third kappa shape index (κ3) is 14.1. The molecule has 18 heteroatoms. The Bertz CT molecular complexity index is 1850. The number of fused-ring (bicyclic) bond motifs is 1. The fourth-order valence-electron chi connectivity index (χ4n) is 6.77. The highest BCUT2D eigenvalue weighted by Crippen LogP contribution is 2.31. The molecule has 2 heterocycles. The van der Waals surface area contributed by atoms with Gasteiger partial charge in [0, 0.05) is 87.1 Å². The second-order valence-corrected chi connectivity index (χ2v) is 14.4. The van der Waals surface area contributed by atoms with E-state index in [1.807, 2.05) is 11.0 Å². The second kappa shape index (κ2) is 22.0. The number of carbonyl (C=O) groups excluding carboxylic acids is 3. The maximum absolute atomic E-state index is 13.6. The Kier molecular flexibility index (Phi) is 17.2. The van der Waals surface area contributed by atoms with Crippen molar-refractivity contribution in [2.45, 2.75) is 26.2 Å². The highest BCUT2D eigenvalue weighted by Gasteiger charge is 2.23. The first-order valence-corrected chi connectivity index (χ1v) is 19.2. The average Bonchev–Trinajstić information content (AvgIpc) is 3.42. The summed E-state index contributed by atoms with van der Waals surface area (Å²) in [6, 6.07) is 12.0. The molecule has 0 unspecified atom stereocenters. The summed E-state index contributed by atoms with van der Waals surface area (Å²) in [7, 11) is 1.55. The molecule has 0 saturated carbocycles. The van der Waals surface area contributed by atoms with Crippen LogP contribution in [0.5, 0.6) is 5.75 Å². The van der Waals surface area contributed by atoms with E-state index >= 15 is 0 Å². The van der Waals surface area contributed by atoms with E-state index in [0.29, 0.717) is 85.2 Å². The zero-order valence-electron chi connectivity index (χ0n) is 32.4. The van der Waals surface area contributed by atoms with Crippen molar-refractivity contribution in [2.75, 3.05) is 98.7 Å². The van der Waals surface area contributed by atoms with Crippen LogP contribution < -0.4 is 15.4 Å². The molecule has 310 valence electrons. The summed E-state index contributed by atoms with van der Waals surface area (Å²) in [5.41, 5.74) is 2.45. The van der Waals surface area contributed by atoms with E-state index in [4.69, 9.17) is 16.3 Å². The maximum Gasteiger partial charge on any atom is 0.317 e. The van der Waals surface area contributed by atoms with Crippen molar-refractivity contribution < 1.29 is 48.8 Å². The lowest BCUT2D eigenvalue weighted by Crippen LogP contribution is -2.49. The number of methoxy groups -OCH3 is 1. The highest BCUT2D eigenvalue weighted by molar-refractivity contribution is 6.30. The van der Waals surface area contributed by atoms with Crippen LogP contribution >= 0.6 is 11.6 Å². The molecular weight excluding hydrogens is 762 g/mol. The van der Waals surface area contributed by atoms with Crippen LogP contribution in [0.25, 0.3) is 10.9 Å². The lowest BCUT2D eigenvalue weighted by atomic mass is 10.1. The molecule has 17 nitrogen and oxygen atoms in total. The van der Waals surface area contributed by atoms with Gasteiger partial charge in [0.15, 0.2) is 0 Å². The van der Waals surface area contributed by atoms with Gasteiger partial charge >= 0.3 is 17.9 Å². The molecule has 0 aliphatic carbocycles. The summed E-state index contributed by atoms with van der Waals surface area (Å²) in [6.45, 7) is 4.25. The molecule has 1 saturated heterocycles. The minimum Gasteiger partial charge on any atom is -0.497 e. The lowest BCUT2D eigenvalue weighted by Gasteiger charge is -2.32. The molecule has 2 aromatic carbocycles. The smallest absolute Gasteiger partial charge is 0.317 e. The van der Waals surface area contributed by atoms with Crippen LogP contribution in [0, 0.1) is 6.92 Å². The number of aromatic nitrogens is 1. The number of rotatable bonds is 17. The molecule has 0 spiro atoms. The zero-order chi connectivity index (χ0) is 41.5. The molecule has 57 heavy (non-hydrogen) atoms. The van der Waals surface area contributed by atoms with Gasteiger partial charge in [0.1, 0.15) is 5.75 Å². The number of halogens is 1. The number of unbranched alkanes of at least 4 members (excludes halogenated alkanes) is 1. The van der Waals surface area contributed by atoms with Gasteiger partial charge in [-0.1, -0.05) is 11.6 Å². The first-order chi connectivity index (χ1) is 27.2. The molecule has 1 aliphatic heterocycles. The number of ether oxygens (including phenoxy) is 1. The van der Waals surface area contributed by atoms with Crippen molar-refractivity contribution in [1.29, 1.82) is 0 Å². The number of hydrogen-bond acceptors (Lipinski definition) is 11. The van der Waals surface area contributed by atoms with Crippen molar-refractivity contribution in [2.24, 2.45) is 0 Å². The van der Waals surface area contributed by atoms with Gasteiger partial charge in [-0.15, -0.1) is 0 Å². The molecule has 1 aliphatic rings. The van der Waals surface area contributed by atoms with Crippen LogP contribution in [0.4, 0.5) is 0 Å². The maximum atomic E-state index is 13.6. The molecular formula is C39H52ClN7O10. The summed E-state index contributed by atoms with van der Waals surface area (Å²) >= 11 is 6.03. The number of nitrogens with zero attached hydrogens (tertiary/aromatic N) is 5. The van der Waals surface area contributed by atoms with Gasteiger partial charge in [-0.3, -0.25) is 52.9 Å². The van der Waals surface area contributed by atoms with E-state index in [2.05, 4.69) is 10.6 Å². The number of hydrogen-bond donors (Lipinski definition) is 5. The molecule has 1 fully saturated rings. The minimum atomic E-state index is -1.03. The van der Waals surface area contributed by atoms with E-state index in [0.717, 1.165) is 5.39 Å². The summed E-state index contributed by atoms with van der Waals surface area (Å²) in [4.78, 5) is 81.1. The standard InChI is InChI=1S/C39H52ClN7O10/c1-27-31(32-21-30(57-2)9-10-33(32)47(27)39(56)28-5-7-29(40)8-6-28)22-34(48)41-11-3-4-12-42-35(49)23-43-13-15-44(24-36(50)51)17-19-46(26-38(54)55)20-18-45(16-14-43)25-37(52)53/h5-10,21H,3-4,11-20,22-26H2,1-2H3,(H,41,48)(H,42,49)(H,50,51)(H,52,53)(H,54,55). The van der Waals surface area contributed by atoms with Crippen LogP contribution in [-0.2, 0) is 30.4 Å². The minimum absolute atomic E-state index is 0.0158. The van der Waals surface area contributed by atoms with E-state index < -0.39 is 17.9 Å². The van der Waals surface area contributed by atoms with Gasteiger partial charge in [0.2, 0.25) is 11.8 Å². The van der Waals surface area contributed by atoms with E-state index in [-0.39, 0.29) is 76.5 Å². The number of nitrogens with one attached hydrogen (secondary N) is 2. The number of aliphatic carboxylic acids is 3. The Balaban J connectivity index is 1.29. The van der Waals surface area contributed by atoms with E-state index in [1.165, 1.54) is 0 Å². The van der Waals surface area contributed by atoms with Crippen molar-refractivity contribution in [3.05, 3.63) is 64.3 Å². The summed E-state index contributed by atoms with van der Waals surface area (Å²) < 4.78 is 7.02. The van der Waals surface area contributed by atoms with Gasteiger partial charge < -0.3 is 30.7 Å². The third-order valence-electron chi connectivity index (χ3n) is 9.80. The molecule has 0 bridgehead atoms. The second-order valence-electron chi connectivity index (χ2n) is 14.0. The van der Waals surface area contributed by atoms with Crippen molar-refractivity contribution >= 4 is 58.1 Å². The Labute approximate surface area is 336 Å². The third-order valence-corrected chi connectivity index (χ3v) is 10.0. The highest BCUT2D eigenvalue weighted by atomic mass is 35.5. The summed E-state index contributed by atoms with van der Waals surface area (Å²) in [6.07, 6.45) is 1.21. The monoisotopic (exact) mass is 813 g/mol. The first kappa shape index (κ1) is 44.6. The van der Waals surface area contributed by atoms with Crippen LogP contribution in [0.2, 0.25) is 5.02 Å². The van der Waals surface area contributed by atoms with E-state index in [9.17, 15) is 44.1 Å². The molecule has 1 aromatic heterocycles. The van der Waals surface area contributed by atoms with Crippen LogP contribution in [0.1, 0.15) is 34.5 Å². The summed E-state index contributed by atoms with van der Waals surface area (Å²) in [5.74, 6) is -3.20. The van der Waals surface area contributed by atoms with Gasteiger partial charge in [0.05, 0.1) is 45.2 Å². The zero-order valence-corrected chi connectivity index (χ0v) is 33.1. The van der Waals surface area contributed by atoms with Crippen LogP contribution in [-0.4, -0.2) is 174 Å². The van der Waals surface area contributed by atoms with Crippen molar-refractivity contribution in [3.8, 4) is 5.75 Å². The SMILES string of the molecule is COc1ccc2c(c1)c(CC(=O)NCCCCNC(=O)CN1CCN(CC(=O)O)CCN(CC(=O)O)CCN(CC(=O)O)CC1)c(C)n2C(=O)c1ccc(Cl)cc1. The Morgan fingerprint density at radius 2 is 1.12 bits per heavy atom. The van der Waals surface area contributed by atoms with Gasteiger partial charge in [-0.05, 0) is 67.8 Å². The summed E-state index contributed by atoms with van der Waals surface area (Å²) in [5, 5.41) is 35.3. The average molecular weight is 814 g/mol. The predicted octanol–water partition coefficient (Wildman–Crippen LogP) is 1.33. The normalized spacial score (nSPS) is 15.4. The fourth-order valence-corrected chi connectivity index (χ4v) is 6.89. The Morgan fingerprint density at radius 3 is 1.58 bits per heavy atom. The number of amides is 2. The molecule has 2 amide bonds. The molecule has 4 rings (SSSR count). The van der Waals surface area contributed by atoms with Gasteiger partial charge in [0.25, 0.3) is 5.91 Å². The fraction of sp³-hybridized carbons (Fsp3) is 0.487.